The average Bonchev–Trinajstić information content (AvgIpc) is 2.77. The molecule has 3 aromatic rings. The van der Waals surface area contributed by atoms with Gasteiger partial charge in [0, 0.05) is 5.02 Å². The Labute approximate surface area is 201 Å². The maximum Gasteiger partial charge on any atom is 0.264 e. The molecule has 0 fully saturated rings. The molecule has 0 unspecified atom stereocenters. The van der Waals surface area contributed by atoms with Gasteiger partial charge in [0.2, 0.25) is 0 Å². The van der Waals surface area contributed by atoms with Gasteiger partial charge in [-0.15, -0.1) is 0 Å². The van der Waals surface area contributed by atoms with Gasteiger partial charge in [0.05, 0.1) is 26.8 Å². The molecular formula is C22H18Cl3N3O3S. The maximum absolute atomic E-state index is 13.3. The number of anilines is 1. The first-order valence-electron chi connectivity index (χ1n) is 9.29. The molecule has 10 heteroatoms. The molecule has 6 nitrogen and oxygen atoms in total. The van der Waals surface area contributed by atoms with Crippen LogP contribution in [-0.2, 0) is 14.8 Å². The van der Waals surface area contributed by atoms with Crippen molar-refractivity contribution in [2.24, 2.45) is 5.10 Å². The van der Waals surface area contributed by atoms with Gasteiger partial charge in [-0.25, -0.2) is 13.8 Å². The zero-order valence-electron chi connectivity index (χ0n) is 16.8. The number of hydrogen-bond donors (Lipinski definition) is 1. The third-order valence-electron chi connectivity index (χ3n) is 4.41. The highest BCUT2D eigenvalue weighted by molar-refractivity contribution is 7.92. The molecule has 3 rings (SSSR count). The van der Waals surface area contributed by atoms with E-state index < -0.39 is 22.5 Å². The van der Waals surface area contributed by atoms with E-state index in [1.807, 2.05) is 0 Å². The minimum atomic E-state index is -4.04. The fraction of sp³-hybridized carbons (Fsp3) is 0.0909. The Hall–Kier alpha value is -2.58. The van der Waals surface area contributed by atoms with E-state index in [-0.39, 0.29) is 10.6 Å². The molecule has 0 heterocycles. The van der Waals surface area contributed by atoms with Gasteiger partial charge in [0.25, 0.3) is 15.9 Å². The number of benzene rings is 3. The molecule has 0 aliphatic rings. The minimum Gasteiger partial charge on any atom is -0.271 e. The van der Waals surface area contributed by atoms with Gasteiger partial charge in [-0.1, -0.05) is 65.1 Å². The number of hydrazone groups is 1. The van der Waals surface area contributed by atoms with Gasteiger partial charge in [0.1, 0.15) is 6.54 Å². The molecule has 32 heavy (non-hydrogen) atoms. The van der Waals surface area contributed by atoms with E-state index in [1.54, 1.807) is 55.5 Å². The second-order valence-corrected chi connectivity index (χ2v) is 9.81. The summed E-state index contributed by atoms with van der Waals surface area (Å²) in [5.41, 5.74) is 3.98. The number of nitrogens with one attached hydrogen (secondary N) is 1. The molecule has 0 bridgehead atoms. The highest BCUT2D eigenvalue weighted by atomic mass is 35.5. The van der Waals surface area contributed by atoms with Crippen LogP contribution in [0.2, 0.25) is 15.1 Å². The number of carbonyl (C=O) groups excluding carboxylic acids is 1. The smallest absolute Gasteiger partial charge is 0.264 e. The van der Waals surface area contributed by atoms with E-state index in [2.05, 4.69) is 10.5 Å². The average molecular weight is 511 g/mol. The number of carbonyl (C=O) groups is 1. The molecule has 0 saturated carbocycles. The van der Waals surface area contributed by atoms with Gasteiger partial charge in [0.15, 0.2) is 0 Å². The molecule has 0 aliphatic carbocycles. The lowest BCUT2D eigenvalue weighted by Gasteiger charge is -2.24. The number of hydrogen-bond acceptors (Lipinski definition) is 4. The van der Waals surface area contributed by atoms with E-state index in [0.29, 0.717) is 20.6 Å². The van der Waals surface area contributed by atoms with Gasteiger partial charge in [-0.3, -0.25) is 9.10 Å². The molecule has 0 radical (unpaired) electrons. The molecule has 0 spiro atoms. The Morgan fingerprint density at radius 2 is 1.69 bits per heavy atom. The first-order chi connectivity index (χ1) is 15.2. The second kappa shape index (κ2) is 10.4. The summed E-state index contributed by atoms with van der Waals surface area (Å²) in [5, 5.41) is 5.00. The van der Waals surface area contributed by atoms with Crippen molar-refractivity contribution >= 4 is 62.6 Å². The van der Waals surface area contributed by atoms with Crippen LogP contribution in [0.5, 0.6) is 0 Å². The number of amides is 1. The van der Waals surface area contributed by atoms with Crippen LogP contribution < -0.4 is 9.73 Å². The van der Waals surface area contributed by atoms with Crippen molar-refractivity contribution in [3.8, 4) is 0 Å². The summed E-state index contributed by atoms with van der Waals surface area (Å²) < 4.78 is 27.5. The number of sulfonamides is 1. The van der Waals surface area contributed by atoms with Crippen molar-refractivity contribution < 1.29 is 13.2 Å². The summed E-state index contributed by atoms with van der Waals surface area (Å²) in [6.45, 7) is 1.29. The van der Waals surface area contributed by atoms with Gasteiger partial charge in [-0.2, -0.15) is 5.10 Å². The zero-order valence-corrected chi connectivity index (χ0v) is 19.9. The summed E-state index contributed by atoms with van der Waals surface area (Å²) in [6.07, 6.45) is 1.37. The third kappa shape index (κ3) is 5.81. The van der Waals surface area contributed by atoms with Crippen LogP contribution in [0.3, 0.4) is 0 Å². The lowest BCUT2D eigenvalue weighted by molar-refractivity contribution is -0.119. The largest absolute Gasteiger partial charge is 0.271 e. The van der Waals surface area contributed by atoms with E-state index >= 15 is 0 Å². The quantitative estimate of drug-likeness (QED) is 0.346. The fourth-order valence-corrected chi connectivity index (χ4v) is 4.62. The molecule has 0 atom stereocenters. The summed E-state index contributed by atoms with van der Waals surface area (Å²) in [4.78, 5) is 12.6. The summed E-state index contributed by atoms with van der Waals surface area (Å²) in [6, 6.07) is 17.5. The molecule has 3 aromatic carbocycles. The highest BCUT2D eigenvalue weighted by Crippen LogP contribution is 2.28. The van der Waals surface area contributed by atoms with Crippen molar-refractivity contribution in [2.45, 2.75) is 11.8 Å². The first-order valence-corrected chi connectivity index (χ1v) is 11.9. The Bertz CT molecular complexity index is 1270. The van der Waals surface area contributed by atoms with E-state index in [0.717, 1.165) is 9.87 Å². The zero-order chi connectivity index (χ0) is 23.3. The fourth-order valence-electron chi connectivity index (χ4n) is 2.71. The van der Waals surface area contributed by atoms with Crippen LogP contribution in [0, 0.1) is 6.92 Å². The summed E-state index contributed by atoms with van der Waals surface area (Å²) in [5.74, 6) is -0.641. The highest BCUT2D eigenvalue weighted by Gasteiger charge is 2.27. The lowest BCUT2D eigenvalue weighted by Crippen LogP contribution is -2.39. The predicted molar refractivity (Wildman–Crippen MR) is 129 cm³/mol. The first kappa shape index (κ1) is 24.1. The molecule has 1 amide bonds. The second-order valence-electron chi connectivity index (χ2n) is 6.72. The molecule has 166 valence electrons. The predicted octanol–water partition coefficient (Wildman–Crippen LogP) is 5.30. The maximum atomic E-state index is 13.3. The van der Waals surface area contributed by atoms with Crippen molar-refractivity contribution in [1.82, 2.24) is 5.43 Å². The third-order valence-corrected chi connectivity index (χ3v) is 7.34. The Morgan fingerprint density at radius 3 is 2.34 bits per heavy atom. The van der Waals surface area contributed by atoms with Crippen molar-refractivity contribution in [2.75, 3.05) is 10.8 Å². The van der Waals surface area contributed by atoms with Gasteiger partial charge in [-0.05, 0) is 54.4 Å². The van der Waals surface area contributed by atoms with Crippen molar-refractivity contribution in [1.29, 1.82) is 0 Å². The van der Waals surface area contributed by atoms with Crippen LogP contribution in [0.25, 0.3) is 0 Å². The monoisotopic (exact) mass is 509 g/mol. The number of rotatable bonds is 7. The van der Waals surface area contributed by atoms with Crippen LogP contribution in [0.1, 0.15) is 11.1 Å². The topological polar surface area (TPSA) is 78.8 Å². The minimum absolute atomic E-state index is 0.0452. The number of aryl methyl sites for hydroxylation is 1. The molecule has 1 N–H and O–H groups in total. The van der Waals surface area contributed by atoms with Gasteiger partial charge < -0.3 is 0 Å². The van der Waals surface area contributed by atoms with Crippen molar-refractivity contribution in [3.63, 3.8) is 0 Å². The summed E-state index contributed by atoms with van der Waals surface area (Å²) in [7, 11) is -4.04. The van der Waals surface area contributed by atoms with Crippen LogP contribution >= 0.6 is 34.8 Å². The molecule has 0 aliphatic heterocycles. The van der Waals surface area contributed by atoms with E-state index in [9.17, 15) is 13.2 Å². The van der Waals surface area contributed by atoms with E-state index in [4.69, 9.17) is 34.8 Å². The lowest BCUT2D eigenvalue weighted by atomic mass is 10.2. The molecule has 0 aromatic heterocycles. The molecular weight excluding hydrogens is 493 g/mol. The molecule has 0 saturated heterocycles. The SMILES string of the molecule is Cc1ccc(N(CC(=O)N/N=C\c2ccc(Cl)c(Cl)c2)S(=O)(=O)c2ccccc2)cc1Cl. The van der Waals surface area contributed by atoms with Crippen LogP contribution in [0.15, 0.2) is 76.7 Å². The van der Waals surface area contributed by atoms with Crippen LogP contribution in [0.4, 0.5) is 5.69 Å². The van der Waals surface area contributed by atoms with Crippen molar-refractivity contribution in [3.05, 3.63) is 92.9 Å². The number of halogens is 3. The standard InChI is InChI=1S/C22H18Cl3N3O3S/c1-15-7-9-17(12-20(15)24)28(32(30,31)18-5-3-2-4-6-18)14-22(29)27-26-13-16-8-10-19(23)21(25)11-16/h2-13H,14H2,1H3,(H,27,29)/b26-13-. The van der Waals surface area contributed by atoms with Gasteiger partial charge >= 0.3 is 0 Å². The Balaban J connectivity index is 1.85. The summed E-state index contributed by atoms with van der Waals surface area (Å²) >= 11 is 18.0. The normalized spacial score (nSPS) is 11.5. The van der Waals surface area contributed by atoms with Crippen LogP contribution in [-0.4, -0.2) is 27.1 Å². The number of nitrogens with zero attached hydrogens (tertiary/aromatic N) is 2. The Morgan fingerprint density at radius 1 is 0.969 bits per heavy atom. The Kier molecular flexibility index (Phi) is 7.79. The van der Waals surface area contributed by atoms with E-state index in [1.165, 1.54) is 24.4 Å².